The van der Waals surface area contributed by atoms with Gasteiger partial charge in [0.05, 0.1) is 7.11 Å². The first kappa shape index (κ1) is 17.0. The van der Waals surface area contributed by atoms with Gasteiger partial charge in [0.25, 0.3) is 5.91 Å². The van der Waals surface area contributed by atoms with Crippen molar-refractivity contribution >= 4 is 23.2 Å². The zero-order valence-corrected chi connectivity index (χ0v) is 15.4. The van der Waals surface area contributed by atoms with Crippen molar-refractivity contribution in [1.82, 2.24) is 4.90 Å². The molecule has 0 saturated carbocycles. The van der Waals surface area contributed by atoms with Crippen LogP contribution in [0.1, 0.15) is 5.56 Å². The Morgan fingerprint density at radius 3 is 2.54 bits per heavy atom. The van der Waals surface area contributed by atoms with E-state index < -0.39 is 6.10 Å². The molecule has 1 fully saturated rings. The summed E-state index contributed by atoms with van der Waals surface area (Å²) in [6.07, 6.45) is 0.156. The van der Waals surface area contributed by atoms with Gasteiger partial charge in [0.2, 0.25) is 0 Å². The molecule has 0 radical (unpaired) electrons. The molecule has 0 spiro atoms. The van der Waals surface area contributed by atoms with Gasteiger partial charge in [-0.05, 0) is 48.0 Å². The monoisotopic (exact) mass is 372 g/mol. The topological polar surface area (TPSA) is 42.0 Å². The third-order valence-corrected chi connectivity index (χ3v) is 5.24. The van der Waals surface area contributed by atoms with Crippen molar-refractivity contribution in [2.24, 2.45) is 0 Å². The fraction of sp³-hybridized carbons (Fsp3) is 0.350. The van der Waals surface area contributed by atoms with Crippen LogP contribution in [0.15, 0.2) is 42.5 Å². The Morgan fingerprint density at radius 2 is 1.85 bits per heavy atom. The lowest BCUT2D eigenvalue weighted by Gasteiger charge is -2.37. The number of hydrogen-bond acceptors (Lipinski definition) is 4. The molecule has 2 aromatic rings. The molecule has 2 aliphatic rings. The molecule has 136 valence electrons. The molecular formula is C20H21ClN2O3. The number of anilines is 1. The number of carbonyl (C=O) groups is 1. The number of benzene rings is 2. The molecule has 2 aliphatic heterocycles. The first-order valence-electron chi connectivity index (χ1n) is 8.77. The van der Waals surface area contributed by atoms with E-state index in [0.29, 0.717) is 24.5 Å². The summed E-state index contributed by atoms with van der Waals surface area (Å²) in [5.41, 5.74) is 2.16. The molecule has 4 rings (SSSR count). The Bertz CT molecular complexity index is 801. The minimum atomic E-state index is -0.434. The Kier molecular flexibility index (Phi) is 4.64. The number of carbonyl (C=O) groups excluding carboxylic acids is 1. The van der Waals surface area contributed by atoms with Crippen LogP contribution in [0.25, 0.3) is 0 Å². The van der Waals surface area contributed by atoms with Gasteiger partial charge in [0.1, 0.15) is 11.5 Å². The van der Waals surface area contributed by atoms with Gasteiger partial charge >= 0.3 is 0 Å². The van der Waals surface area contributed by atoms with Gasteiger partial charge < -0.3 is 19.3 Å². The van der Waals surface area contributed by atoms with Crippen molar-refractivity contribution in [2.45, 2.75) is 12.5 Å². The molecular weight excluding hydrogens is 352 g/mol. The van der Waals surface area contributed by atoms with Crippen molar-refractivity contribution in [3.8, 4) is 11.5 Å². The molecule has 0 aliphatic carbocycles. The summed E-state index contributed by atoms with van der Waals surface area (Å²) in [7, 11) is 1.66. The van der Waals surface area contributed by atoms with Gasteiger partial charge in [-0.15, -0.1) is 0 Å². The van der Waals surface area contributed by atoms with E-state index in [-0.39, 0.29) is 5.91 Å². The number of fused-ring (bicyclic) bond motifs is 1. The number of ether oxygens (including phenoxy) is 2. The number of rotatable bonds is 3. The number of hydrogen-bond donors (Lipinski definition) is 0. The van der Waals surface area contributed by atoms with Crippen LogP contribution in [0.5, 0.6) is 11.5 Å². The molecule has 1 amide bonds. The lowest BCUT2D eigenvalue weighted by molar-refractivity contribution is -0.138. The fourth-order valence-electron chi connectivity index (χ4n) is 3.54. The normalized spacial score (nSPS) is 19.1. The van der Waals surface area contributed by atoms with Crippen LogP contribution in [0.3, 0.4) is 0 Å². The van der Waals surface area contributed by atoms with E-state index in [1.165, 1.54) is 0 Å². The van der Waals surface area contributed by atoms with Gasteiger partial charge in [0.15, 0.2) is 6.10 Å². The van der Waals surface area contributed by atoms with E-state index >= 15 is 0 Å². The lowest BCUT2D eigenvalue weighted by atomic mass is 10.1. The standard InChI is InChI=1S/C20H21ClN2O3/c1-25-17-5-3-16(4-6-17)22-8-10-23(11-9-22)20(24)19-13-14-12-15(21)2-7-18(14)26-19/h2-7,12,19H,8-11,13H2,1H3. The van der Waals surface area contributed by atoms with Gasteiger partial charge in [-0.3, -0.25) is 4.79 Å². The molecule has 5 nitrogen and oxygen atoms in total. The van der Waals surface area contributed by atoms with Crippen LogP contribution in [-0.2, 0) is 11.2 Å². The van der Waals surface area contributed by atoms with Crippen molar-refractivity contribution in [2.75, 3.05) is 38.2 Å². The van der Waals surface area contributed by atoms with E-state index in [1.807, 2.05) is 29.2 Å². The zero-order chi connectivity index (χ0) is 18.1. The predicted molar refractivity (Wildman–Crippen MR) is 101 cm³/mol. The second-order valence-electron chi connectivity index (χ2n) is 6.57. The van der Waals surface area contributed by atoms with Crippen molar-refractivity contribution < 1.29 is 14.3 Å². The van der Waals surface area contributed by atoms with Gasteiger partial charge in [-0.2, -0.15) is 0 Å². The second kappa shape index (κ2) is 7.08. The van der Waals surface area contributed by atoms with Crippen LogP contribution < -0.4 is 14.4 Å². The zero-order valence-electron chi connectivity index (χ0n) is 14.7. The van der Waals surface area contributed by atoms with E-state index in [9.17, 15) is 4.79 Å². The fourth-order valence-corrected chi connectivity index (χ4v) is 3.73. The summed E-state index contributed by atoms with van der Waals surface area (Å²) in [5.74, 6) is 1.68. The number of nitrogens with zero attached hydrogens (tertiary/aromatic N) is 2. The summed E-state index contributed by atoms with van der Waals surface area (Å²) in [4.78, 5) is 17.0. The maximum absolute atomic E-state index is 12.8. The molecule has 6 heteroatoms. The van der Waals surface area contributed by atoms with Crippen molar-refractivity contribution in [3.05, 3.63) is 53.1 Å². The Hall–Kier alpha value is -2.40. The summed E-state index contributed by atoms with van der Waals surface area (Å²) in [6, 6.07) is 13.5. The minimum Gasteiger partial charge on any atom is -0.497 e. The molecule has 1 unspecified atom stereocenters. The average Bonchev–Trinajstić information content (AvgIpc) is 3.11. The molecule has 1 atom stereocenters. The molecule has 2 aromatic carbocycles. The smallest absolute Gasteiger partial charge is 0.264 e. The number of methoxy groups -OCH3 is 1. The van der Waals surface area contributed by atoms with Crippen molar-refractivity contribution in [3.63, 3.8) is 0 Å². The average molecular weight is 373 g/mol. The number of halogens is 1. The molecule has 0 aromatic heterocycles. The minimum absolute atomic E-state index is 0.0618. The van der Waals surface area contributed by atoms with E-state index in [2.05, 4.69) is 17.0 Å². The van der Waals surface area contributed by atoms with Crippen LogP contribution >= 0.6 is 11.6 Å². The Balaban J connectivity index is 1.35. The van der Waals surface area contributed by atoms with Crippen LogP contribution in [0.4, 0.5) is 5.69 Å². The van der Waals surface area contributed by atoms with Crippen LogP contribution in [-0.4, -0.2) is 50.2 Å². The van der Waals surface area contributed by atoms with Gasteiger partial charge in [-0.25, -0.2) is 0 Å². The molecule has 26 heavy (non-hydrogen) atoms. The number of piperazine rings is 1. The largest absolute Gasteiger partial charge is 0.497 e. The van der Waals surface area contributed by atoms with E-state index in [0.717, 1.165) is 35.8 Å². The molecule has 2 heterocycles. The summed E-state index contributed by atoms with van der Waals surface area (Å²) >= 11 is 6.03. The van der Waals surface area contributed by atoms with Crippen LogP contribution in [0, 0.1) is 0 Å². The van der Waals surface area contributed by atoms with Gasteiger partial charge in [-0.1, -0.05) is 11.6 Å². The third kappa shape index (κ3) is 3.31. The highest BCUT2D eigenvalue weighted by Crippen LogP contribution is 2.32. The third-order valence-electron chi connectivity index (χ3n) is 5.00. The highest BCUT2D eigenvalue weighted by atomic mass is 35.5. The van der Waals surface area contributed by atoms with Crippen LogP contribution in [0.2, 0.25) is 5.02 Å². The lowest BCUT2D eigenvalue weighted by Crippen LogP contribution is -2.52. The SMILES string of the molecule is COc1ccc(N2CCN(C(=O)C3Cc4cc(Cl)ccc4O3)CC2)cc1. The quantitative estimate of drug-likeness (QED) is 0.830. The second-order valence-corrected chi connectivity index (χ2v) is 7.01. The van der Waals surface area contributed by atoms with Crippen molar-refractivity contribution in [1.29, 1.82) is 0 Å². The maximum Gasteiger partial charge on any atom is 0.264 e. The Morgan fingerprint density at radius 1 is 1.12 bits per heavy atom. The summed E-state index contributed by atoms with van der Waals surface area (Å²) in [5, 5.41) is 0.675. The summed E-state index contributed by atoms with van der Waals surface area (Å²) in [6.45, 7) is 3.01. The van der Waals surface area contributed by atoms with E-state index in [1.54, 1.807) is 13.2 Å². The summed E-state index contributed by atoms with van der Waals surface area (Å²) < 4.78 is 11.0. The predicted octanol–water partition coefficient (Wildman–Crippen LogP) is 3.00. The first-order valence-corrected chi connectivity index (χ1v) is 9.15. The van der Waals surface area contributed by atoms with Gasteiger partial charge in [0, 0.05) is 43.3 Å². The molecule has 1 saturated heterocycles. The highest BCUT2D eigenvalue weighted by Gasteiger charge is 2.33. The highest BCUT2D eigenvalue weighted by molar-refractivity contribution is 6.30. The van der Waals surface area contributed by atoms with E-state index in [4.69, 9.17) is 21.1 Å². The first-order chi connectivity index (χ1) is 12.6. The molecule has 0 bridgehead atoms. The maximum atomic E-state index is 12.8. The number of amides is 1. The Labute approximate surface area is 158 Å². The molecule has 0 N–H and O–H groups in total.